The summed E-state index contributed by atoms with van der Waals surface area (Å²) in [5, 5.41) is 5.51. The molecule has 0 fully saturated rings. The van der Waals surface area contributed by atoms with Gasteiger partial charge in [-0.3, -0.25) is 14.9 Å². The van der Waals surface area contributed by atoms with Gasteiger partial charge in [-0.2, -0.15) is 18.2 Å². The third kappa shape index (κ3) is 4.58. The van der Waals surface area contributed by atoms with Crippen LogP contribution >= 0.6 is 0 Å². The van der Waals surface area contributed by atoms with E-state index in [0.29, 0.717) is 6.42 Å². The molecular weight excluding hydrogens is 355 g/mol. The summed E-state index contributed by atoms with van der Waals surface area (Å²) in [4.78, 5) is 27.1. The van der Waals surface area contributed by atoms with Gasteiger partial charge in [0.1, 0.15) is 5.75 Å². The highest BCUT2D eigenvalue weighted by Crippen LogP contribution is 2.31. The van der Waals surface area contributed by atoms with Gasteiger partial charge >= 0.3 is 12.1 Å². The maximum atomic E-state index is 12.6. The van der Waals surface area contributed by atoms with Crippen molar-refractivity contribution in [1.29, 1.82) is 0 Å². The molecule has 2 rings (SSSR count). The van der Waals surface area contributed by atoms with Crippen LogP contribution in [0.5, 0.6) is 5.75 Å². The Hall–Kier alpha value is -2.91. The lowest BCUT2D eigenvalue weighted by Gasteiger charge is -2.11. The van der Waals surface area contributed by atoms with Crippen LogP contribution in [-0.2, 0) is 11.0 Å². The summed E-state index contributed by atoms with van der Waals surface area (Å²) in [5.74, 6) is -2.78. The highest BCUT2D eigenvalue weighted by molar-refractivity contribution is 6.06. The number of hydrogen-bond acceptors (Lipinski definition) is 6. The van der Waals surface area contributed by atoms with Crippen molar-refractivity contribution in [3.05, 3.63) is 29.7 Å². The number of nitrogens with one attached hydrogen (secondary N) is 1. The van der Waals surface area contributed by atoms with E-state index < -0.39 is 23.9 Å². The van der Waals surface area contributed by atoms with Crippen LogP contribution in [0.4, 0.5) is 13.2 Å². The van der Waals surface area contributed by atoms with Crippen molar-refractivity contribution in [3.8, 4) is 17.1 Å². The molecule has 140 valence electrons. The van der Waals surface area contributed by atoms with E-state index in [4.69, 9.17) is 4.74 Å². The van der Waals surface area contributed by atoms with Crippen LogP contribution in [0, 0.1) is 0 Å². The Kier molecular flexibility index (Phi) is 5.96. The lowest BCUT2D eigenvalue weighted by atomic mass is 10.1. The Bertz CT molecular complexity index is 802. The second kappa shape index (κ2) is 7.98. The van der Waals surface area contributed by atoms with Gasteiger partial charge in [-0.15, -0.1) is 0 Å². The molecular formula is C16H16F3N3O4. The van der Waals surface area contributed by atoms with Crippen molar-refractivity contribution < 1.29 is 32.0 Å². The first-order valence-corrected chi connectivity index (χ1v) is 7.78. The Balaban J connectivity index is 2.32. The van der Waals surface area contributed by atoms with Gasteiger partial charge in [0.05, 0.1) is 12.2 Å². The number of nitrogens with zero attached hydrogens (tertiary/aromatic N) is 2. The normalized spacial score (nSPS) is 11.3. The molecule has 0 saturated carbocycles. The molecule has 1 heterocycles. The first-order valence-electron chi connectivity index (χ1n) is 7.78. The van der Waals surface area contributed by atoms with Crippen molar-refractivity contribution >= 4 is 11.8 Å². The SMILES string of the molecule is CCCC(=O)NC(=O)c1ccc(-c2noc(C(F)(F)F)n2)cc1OCC. The van der Waals surface area contributed by atoms with E-state index in [2.05, 4.69) is 20.0 Å². The number of ether oxygens (including phenoxy) is 1. The molecule has 0 bridgehead atoms. The number of rotatable bonds is 6. The number of alkyl halides is 3. The highest BCUT2D eigenvalue weighted by atomic mass is 19.4. The van der Waals surface area contributed by atoms with Gasteiger partial charge in [0.2, 0.25) is 11.7 Å². The Morgan fingerprint density at radius 2 is 2.00 bits per heavy atom. The molecule has 2 amide bonds. The summed E-state index contributed by atoms with van der Waals surface area (Å²) in [5.41, 5.74) is 0.240. The highest BCUT2D eigenvalue weighted by Gasteiger charge is 2.38. The number of aromatic nitrogens is 2. The maximum absolute atomic E-state index is 12.6. The average molecular weight is 371 g/mol. The van der Waals surface area contributed by atoms with E-state index >= 15 is 0 Å². The maximum Gasteiger partial charge on any atom is 0.471 e. The fourth-order valence-corrected chi connectivity index (χ4v) is 2.06. The smallest absolute Gasteiger partial charge is 0.471 e. The number of imide groups is 1. The largest absolute Gasteiger partial charge is 0.493 e. The molecule has 1 aromatic carbocycles. The number of halogens is 3. The van der Waals surface area contributed by atoms with Crippen LogP contribution in [0.15, 0.2) is 22.7 Å². The molecule has 0 radical (unpaired) electrons. The molecule has 2 aromatic rings. The van der Waals surface area contributed by atoms with Gasteiger partial charge in [0, 0.05) is 12.0 Å². The number of hydrogen-bond donors (Lipinski definition) is 1. The van der Waals surface area contributed by atoms with Crippen LogP contribution in [0.3, 0.4) is 0 Å². The standard InChI is InChI=1S/C16H16F3N3O4/c1-3-5-12(23)20-14(24)10-7-6-9(8-11(10)25-4-2)13-21-15(26-22-13)16(17,18)19/h6-8H,3-5H2,1-2H3,(H,20,23,24). The van der Waals surface area contributed by atoms with E-state index in [1.54, 1.807) is 13.8 Å². The van der Waals surface area contributed by atoms with E-state index in [1.165, 1.54) is 18.2 Å². The molecule has 0 atom stereocenters. The predicted octanol–water partition coefficient (Wildman–Crippen LogP) is 3.21. The van der Waals surface area contributed by atoms with Crippen LogP contribution < -0.4 is 10.1 Å². The van der Waals surface area contributed by atoms with E-state index in [1.807, 2.05) is 0 Å². The molecule has 0 aliphatic heterocycles. The molecule has 0 aliphatic rings. The van der Waals surface area contributed by atoms with Crippen molar-refractivity contribution in [2.75, 3.05) is 6.61 Å². The first kappa shape index (κ1) is 19.4. The minimum absolute atomic E-state index is 0.0691. The molecule has 26 heavy (non-hydrogen) atoms. The zero-order valence-corrected chi connectivity index (χ0v) is 14.0. The second-order valence-electron chi connectivity index (χ2n) is 5.19. The minimum atomic E-state index is -4.76. The fourth-order valence-electron chi connectivity index (χ4n) is 2.06. The minimum Gasteiger partial charge on any atom is -0.493 e. The third-order valence-electron chi connectivity index (χ3n) is 3.18. The zero-order valence-electron chi connectivity index (χ0n) is 14.0. The molecule has 1 aromatic heterocycles. The molecule has 1 N–H and O–H groups in total. The van der Waals surface area contributed by atoms with E-state index in [0.717, 1.165) is 0 Å². The van der Waals surface area contributed by atoms with Crippen LogP contribution in [0.1, 0.15) is 42.9 Å². The molecule has 10 heteroatoms. The van der Waals surface area contributed by atoms with Gasteiger partial charge in [-0.25, -0.2) is 0 Å². The summed E-state index contributed by atoms with van der Waals surface area (Å²) in [7, 11) is 0. The van der Waals surface area contributed by atoms with Crippen LogP contribution in [0.25, 0.3) is 11.4 Å². The zero-order chi connectivity index (χ0) is 19.3. The monoisotopic (exact) mass is 371 g/mol. The van der Waals surface area contributed by atoms with E-state index in [9.17, 15) is 22.8 Å². The summed E-state index contributed by atoms with van der Waals surface area (Å²) in [6, 6.07) is 3.97. The molecule has 0 saturated heterocycles. The summed E-state index contributed by atoms with van der Waals surface area (Å²) < 4.78 is 47.2. The molecule has 7 nitrogen and oxygen atoms in total. The van der Waals surface area contributed by atoms with Crippen molar-refractivity contribution in [2.45, 2.75) is 32.9 Å². The van der Waals surface area contributed by atoms with Gasteiger partial charge in [0.15, 0.2) is 0 Å². The predicted molar refractivity (Wildman–Crippen MR) is 83.3 cm³/mol. The summed E-state index contributed by atoms with van der Waals surface area (Å²) in [6.07, 6.45) is -3.99. The topological polar surface area (TPSA) is 94.3 Å². The van der Waals surface area contributed by atoms with E-state index in [-0.39, 0.29) is 35.7 Å². The number of amides is 2. The molecule has 0 unspecified atom stereocenters. The first-order chi connectivity index (χ1) is 12.3. The number of carbonyl (C=O) groups excluding carboxylic acids is 2. The Labute approximate surface area is 146 Å². The number of carbonyl (C=O) groups is 2. The van der Waals surface area contributed by atoms with Gasteiger partial charge in [-0.1, -0.05) is 12.1 Å². The lowest BCUT2D eigenvalue weighted by molar-refractivity contribution is -0.159. The van der Waals surface area contributed by atoms with Gasteiger partial charge in [0.25, 0.3) is 5.91 Å². The Morgan fingerprint density at radius 1 is 1.27 bits per heavy atom. The van der Waals surface area contributed by atoms with Crippen LogP contribution in [-0.4, -0.2) is 28.6 Å². The summed E-state index contributed by atoms with van der Waals surface area (Å²) in [6.45, 7) is 3.67. The quantitative estimate of drug-likeness (QED) is 0.838. The third-order valence-corrected chi connectivity index (χ3v) is 3.18. The second-order valence-corrected chi connectivity index (χ2v) is 5.19. The van der Waals surface area contributed by atoms with Crippen molar-refractivity contribution in [1.82, 2.24) is 15.5 Å². The summed E-state index contributed by atoms with van der Waals surface area (Å²) >= 11 is 0. The van der Waals surface area contributed by atoms with Crippen molar-refractivity contribution in [2.24, 2.45) is 0 Å². The number of benzene rings is 1. The lowest BCUT2D eigenvalue weighted by Crippen LogP contribution is -2.30. The van der Waals surface area contributed by atoms with Gasteiger partial charge in [-0.05, 0) is 31.5 Å². The molecule has 0 aliphatic carbocycles. The van der Waals surface area contributed by atoms with Gasteiger partial charge < -0.3 is 9.26 Å². The van der Waals surface area contributed by atoms with Crippen molar-refractivity contribution in [3.63, 3.8) is 0 Å². The molecule has 0 spiro atoms. The fraction of sp³-hybridized carbons (Fsp3) is 0.375. The Morgan fingerprint density at radius 3 is 2.58 bits per heavy atom. The average Bonchev–Trinajstić information content (AvgIpc) is 3.05. The van der Waals surface area contributed by atoms with Crippen LogP contribution in [0.2, 0.25) is 0 Å².